The summed E-state index contributed by atoms with van der Waals surface area (Å²) in [5.41, 5.74) is 7.94. The Balaban J connectivity index is 2.88. The third-order valence-electron chi connectivity index (χ3n) is 3.23. The van der Waals surface area contributed by atoms with Gasteiger partial charge in [-0.1, -0.05) is 32.8 Å². The van der Waals surface area contributed by atoms with Gasteiger partial charge in [0.15, 0.2) is 0 Å². The molecule has 0 aliphatic rings. The van der Waals surface area contributed by atoms with Crippen molar-refractivity contribution in [2.45, 2.75) is 52.5 Å². The van der Waals surface area contributed by atoms with Gasteiger partial charge in [0.2, 0.25) is 5.91 Å². The molecular weight excluding hydrogens is 224 g/mol. The molecule has 0 saturated carbocycles. The van der Waals surface area contributed by atoms with Gasteiger partial charge in [-0.2, -0.15) is 0 Å². The lowest BCUT2D eigenvalue weighted by Crippen LogP contribution is -2.21. The zero-order valence-electron chi connectivity index (χ0n) is 11.6. The van der Waals surface area contributed by atoms with E-state index in [2.05, 4.69) is 19.2 Å². The molecule has 3 heteroatoms. The maximum Gasteiger partial charge on any atom is 0.249 e. The molecule has 0 radical (unpaired) electrons. The SMILES string of the molecule is CCCC(CCC)Nc1cccc(C(N)=O)c1C. The quantitative estimate of drug-likeness (QED) is 0.776. The largest absolute Gasteiger partial charge is 0.382 e. The van der Waals surface area contributed by atoms with Crippen molar-refractivity contribution in [1.29, 1.82) is 0 Å². The second kappa shape index (κ2) is 7.04. The van der Waals surface area contributed by atoms with Crippen LogP contribution in [0.25, 0.3) is 0 Å². The monoisotopic (exact) mass is 248 g/mol. The lowest BCUT2D eigenvalue weighted by Gasteiger charge is -2.21. The number of rotatable bonds is 7. The fourth-order valence-corrected chi connectivity index (χ4v) is 2.26. The van der Waals surface area contributed by atoms with E-state index in [1.807, 2.05) is 19.1 Å². The molecule has 0 heterocycles. The van der Waals surface area contributed by atoms with Gasteiger partial charge >= 0.3 is 0 Å². The van der Waals surface area contributed by atoms with Gasteiger partial charge in [0.25, 0.3) is 0 Å². The summed E-state index contributed by atoms with van der Waals surface area (Å²) in [6.45, 7) is 6.32. The second-order valence-electron chi connectivity index (χ2n) is 4.76. The molecule has 0 bridgehead atoms. The number of carbonyl (C=O) groups excluding carboxylic acids is 1. The van der Waals surface area contributed by atoms with Crippen LogP contribution in [0.4, 0.5) is 5.69 Å². The fraction of sp³-hybridized carbons (Fsp3) is 0.533. The summed E-state index contributed by atoms with van der Waals surface area (Å²) in [5, 5.41) is 3.54. The molecule has 3 nitrogen and oxygen atoms in total. The minimum Gasteiger partial charge on any atom is -0.382 e. The van der Waals surface area contributed by atoms with Crippen LogP contribution in [-0.4, -0.2) is 11.9 Å². The number of hydrogen-bond donors (Lipinski definition) is 2. The van der Waals surface area contributed by atoms with Crippen molar-refractivity contribution in [1.82, 2.24) is 0 Å². The minimum atomic E-state index is -0.362. The molecule has 18 heavy (non-hydrogen) atoms. The first kappa shape index (κ1) is 14.6. The highest BCUT2D eigenvalue weighted by Gasteiger charge is 2.11. The Morgan fingerprint density at radius 1 is 1.28 bits per heavy atom. The molecule has 0 fully saturated rings. The molecule has 1 aromatic carbocycles. The number of amides is 1. The highest BCUT2D eigenvalue weighted by Crippen LogP contribution is 2.21. The lowest BCUT2D eigenvalue weighted by atomic mass is 10.0. The molecule has 0 aliphatic carbocycles. The Labute approximate surface area is 110 Å². The molecular formula is C15H24N2O. The molecule has 100 valence electrons. The number of anilines is 1. The Morgan fingerprint density at radius 2 is 1.89 bits per heavy atom. The summed E-state index contributed by atoms with van der Waals surface area (Å²) in [7, 11) is 0. The number of hydrogen-bond acceptors (Lipinski definition) is 2. The van der Waals surface area contributed by atoms with Crippen molar-refractivity contribution >= 4 is 11.6 Å². The average molecular weight is 248 g/mol. The molecule has 1 rings (SSSR count). The topological polar surface area (TPSA) is 55.1 Å². The van der Waals surface area contributed by atoms with Gasteiger partial charge in [-0.15, -0.1) is 0 Å². The highest BCUT2D eigenvalue weighted by molar-refractivity contribution is 5.95. The summed E-state index contributed by atoms with van der Waals surface area (Å²) in [5.74, 6) is -0.362. The van der Waals surface area contributed by atoms with E-state index in [0.717, 1.165) is 36.9 Å². The predicted octanol–water partition coefficient (Wildman–Crippen LogP) is 3.47. The predicted molar refractivity (Wildman–Crippen MR) is 76.9 cm³/mol. The van der Waals surface area contributed by atoms with Crippen LogP contribution >= 0.6 is 0 Å². The normalized spacial score (nSPS) is 10.7. The molecule has 0 saturated heterocycles. The van der Waals surface area contributed by atoms with E-state index < -0.39 is 0 Å². The highest BCUT2D eigenvalue weighted by atomic mass is 16.1. The first-order chi connectivity index (χ1) is 8.60. The van der Waals surface area contributed by atoms with E-state index in [1.165, 1.54) is 0 Å². The number of nitrogens with two attached hydrogens (primary N) is 1. The molecule has 0 atom stereocenters. The Hall–Kier alpha value is -1.51. The number of primary amides is 1. The smallest absolute Gasteiger partial charge is 0.249 e. The summed E-state index contributed by atoms with van der Waals surface area (Å²) in [4.78, 5) is 11.3. The average Bonchev–Trinajstić information content (AvgIpc) is 2.32. The van der Waals surface area contributed by atoms with Crippen LogP contribution in [-0.2, 0) is 0 Å². The van der Waals surface area contributed by atoms with E-state index in [-0.39, 0.29) is 5.91 Å². The van der Waals surface area contributed by atoms with Gasteiger partial charge in [-0.25, -0.2) is 0 Å². The molecule has 0 unspecified atom stereocenters. The van der Waals surface area contributed by atoms with Crippen LogP contribution in [0.15, 0.2) is 18.2 Å². The number of carbonyl (C=O) groups is 1. The summed E-state index contributed by atoms with van der Waals surface area (Å²) in [6.07, 6.45) is 4.61. The van der Waals surface area contributed by atoms with Crippen molar-refractivity contribution in [2.75, 3.05) is 5.32 Å². The maximum atomic E-state index is 11.3. The standard InChI is InChI=1S/C15H24N2O/c1-4-7-12(8-5-2)17-14-10-6-9-13(11(14)3)15(16)18/h6,9-10,12,17H,4-5,7-8H2,1-3H3,(H2,16,18). The van der Waals surface area contributed by atoms with Crippen molar-refractivity contribution in [2.24, 2.45) is 5.73 Å². The first-order valence-corrected chi connectivity index (χ1v) is 6.76. The Morgan fingerprint density at radius 3 is 2.39 bits per heavy atom. The van der Waals surface area contributed by atoms with Gasteiger partial charge in [-0.05, 0) is 37.5 Å². The van der Waals surface area contributed by atoms with Gasteiger partial charge in [0.05, 0.1) is 0 Å². The van der Waals surface area contributed by atoms with Crippen LogP contribution in [0.3, 0.4) is 0 Å². The van der Waals surface area contributed by atoms with Crippen LogP contribution in [0.2, 0.25) is 0 Å². The van der Waals surface area contributed by atoms with Crippen LogP contribution in [0.1, 0.15) is 55.5 Å². The van der Waals surface area contributed by atoms with Gasteiger partial charge in [-0.3, -0.25) is 4.79 Å². The summed E-state index contributed by atoms with van der Waals surface area (Å²) < 4.78 is 0. The second-order valence-corrected chi connectivity index (χ2v) is 4.76. The van der Waals surface area contributed by atoms with Crippen LogP contribution < -0.4 is 11.1 Å². The van der Waals surface area contributed by atoms with Crippen molar-refractivity contribution in [3.05, 3.63) is 29.3 Å². The maximum absolute atomic E-state index is 11.3. The zero-order valence-corrected chi connectivity index (χ0v) is 11.6. The summed E-state index contributed by atoms with van der Waals surface area (Å²) >= 11 is 0. The molecule has 3 N–H and O–H groups in total. The molecule has 1 aromatic rings. The van der Waals surface area contributed by atoms with Crippen LogP contribution in [0.5, 0.6) is 0 Å². The third-order valence-corrected chi connectivity index (χ3v) is 3.23. The number of nitrogens with one attached hydrogen (secondary N) is 1. The molecule has 0 spiro atoms. The van der Waals surface area contributed by atoms with Crippen LogP contribution in [0, 0.1) is 6.92 Å². The molecule has 0 aromatic heterocycles. The summed E-state index contributed by atoms with van der Waals surface area (Å²) in [6, 6.07) is 6.14. The third kappa shape index (κ3) is 3.76. The van der Waals surface area contributed by atoms with Gasteiger partial charge < -0.3 is 11.1 Å². The van der Waals surface area contributed by atoms with Crippen molar-refractivity contribution in [3.63, 3.8) is 0 Å². The van der Waals surface area contributed by atoms with Crippen molar-refractivity contribution < 1.29 is 4.79 Å². The number of benzene rings is 1. The van der Waals surface area contributed by atoms with E-state index in [1.54, 1.807) is 6.07 Å². The molecule has 1 amide bonds. The Bertz CT molecular complexity index is 395. The first-order valence-electron chi connectivity index (χ1n) is 6.76. The van der Waals surface area contributed by atoms with Crippen molar-refractivity contribution in [3.8, 4) is 0 Å². The van der Waals surface area contributed by atoms with Gasteiger partial charge in [0.1, 0.15) is 0 Å². The zero-order chi connectivity index (χ0) is 13.5. The lowest BCUT2D eigenvalue weighted by molar-refractivity contribution is 0.1000. The van der Waals surface area contributed by atoms with Gasteiger partial charge in [0, 0.05) is 17.3 Å². The van der Waals surface area contributed by atoms with E-state index in [4.69, 9.17) is 5.73 Å². The minimum absolute atomic E-state index is 0.362. The van der Waals surface area contributed by atoms with E-state index in [0.29, 0.717) is 11.6 Å². The Kier molecular flexibility index (Phi) is 5.69. The van der Waals surface area contributed by atoms with E-state index >= 15 is 0 Å². The fourth-order valence-electron chi connectivity index (χ4n) is 2.26. The van der Waals surface area contributed by atoms with E-state index in [9.17, 15) is 4.79 Å². The molecule has 0 aliphatic heterocycles.